The molecule has 1 atom stereocenters. The van der Waals surface area contributed by atoms with Crippen molar-refractivity contribution in [2.75, 3.05) is 0 Å². The fourth-order valence-corrected chi connectivity index (χ4v) is 7.77. The highest BCUT2D eigenvalue weighted by molar-refractivity contribution is 6.09. The molecule has 1 aliphatic carbocycles. The molecule has 0 saturated carbocycles. The van der Waals surface area contributed by atoms with E-state index in [9.17, 15) is 0 Å². The van der Waals surface area contributed by atoms with Gasteiger partial charge in [-0.05, 0) is 45.5 Å². The van der Waals surface area contributed by atoms with Crippen LogP contribution in [0.5, 0.6) is 0 Å². The Morgan fingerprint density at radius 1 is 0.400 bits per heavy atom. The first kappa shape index (κ1) is 28.4. The second kappa shape index (κ2) is 11.2. The van der Waals surface area contributed by atoms with Crippen LogP contribution in [-0.4, -0.2) is 15.0 Å². The van der Waals surface area contributed by atoms with Crippen molar-refractivity contribution in [1.82, 2.24) is 15.0 Å². The number of benzene rings is 7. The number of para-hydroxylation sites is 2. The molecule has 9 aromatic rings. The molecule has 1 aliphatic rings. The maximum atomic E-state index is 6.54. The minimum absolute atomic E-state index is 0.638. The van der Waals surface area contributed by atoms with Crippen LogP contribution in [0.15, 0.2) is 180 Å². The Bertz CT molecular complexity index is 2640. The first-order valence-electron chi connectivity index (χ1n) is 16.9. The summed E-state index contributed by atoms with van der Waals surface area (Å²) in [7, 11) is 0. The van der Waals surface area contributed by atoms with Gasteiger partial charge >= 0.3 is 0 Å². The van der Waals surface area contributed by atoms with Gasteiger partial charge in [0.05, 0.1) is 0 Å². The van der Waals surface area contributed by atoms with Gasteiger partial charge in [-0.1, -0.05) is 164 Å². The molecule has 10 rings (SSSR count). The van der Waals surface area contributed by atoms with E-state index in [2.05, 4.69) is 127 Å². The summed E-state index contributed by atoms with van der Waals surface area (Å²) in [6.07, 6.45) is 0. The molecular weight excluding hydrogens is 611 g/mol. The number of fused-ring (bicyclic) bond motifs is 6. The summed E-state index contributed by atoms with van der Waals surface area (Å²) in [4.78, 5) is 15.9. The molecule has 0 saturated heterocycles. The van der Waals surface area contributed by atoms with Crippen LogP contribution in [-0.2, 0) is 5.41 Å². The lowest BCUT2D eigenvalue weighted by Gasteiger charge is -2.32. The lowest BCUT2D eigenvalue weighted by molar-refractivity contribution is 0.670. The molecule has 0 fully saturated rings. The van der Waals surface area contributed by atoms with E-state index in [-0.39, 0.29) is 0 Å². The molecule has 2 aromatic heterocycles. The van der Waals surface area contributed by atoms with E-state index in [0.29, 0.717) is 17.5 Å². The van der Waals surface area contributed by atoms with E-state index >= 15 is 0 Å². The van der Waals surface area contributed by atoms with E-state index in [1.807, 2.05) is 48.5 Å². The maximum Gasteiger partial charge on any atom is 0.163 e. The van der Waals surface area contributed by atoms with Crippen LogP contribution in [0.2, 0.25) is 0 Å². The van der Waals surface area contributed by atoms with Gasteiger partial charge in [0, 0.05) is 27.5 Å². The molecule has 4 nitrogen and oxygen atoms in total. The van der Waals surface area contributed by atoms with Crippen LogP contribution in [0.1, 0.15) is 22.5 Å². The summed E-state index contributed by atoms with van der Waals surface area (Å²) >= 11 is 0. The van der Waals surface area contributed by atoms with Crippen molar-refractivity contribution in [3.05, 3.63) is 198 Å². The molecule has 0 N–H and O–H groups in total. The summed E-state index contributed by atoms with van der Waals surface area (Å²) in [6.45, 7) is 0. The molecule has 234 valence electrons. The predicted octanol–water partition coefficient (Wildman–Crippen LogP) is 11.1. The molecule has 0 amide bonds. The average molecular weight is 640 g/mol. The van der Waals surface area contributed by atoms with Crippen LogP contribution in [0, 0.1) is 0 Å². The number of hydrogen-bond donors (Lipinski definition) is 0. The second-order valence-corrected chi connectivity index (χ2v) is 12.7. The van der Waals surface area contributed by atoms with Gasteiger partial charge in [-0.2, -0.15) is 0 Å². The van der Waals surface area contributed by atoms with Crippen LogP contribution < -0.4 is 0 Å². The van der Waals surface area contributed by atoms with Gasteiger partial charge < -0.3 is 4.42 Å². The smallest absolute Gasteiger partial charge is 0.163 e. The normalized spacial score (nSPS) is 14.9. The number of furan rings is 1. The van der Waals surface area contributed by atoms with E-state index < -0.39 is 5.41 Å². The monoisotopic (exact) mass is 639 g/mol. The third kappa shape index (κ3) is 4.22. The molecule has 0 aliphatic heterocycles. The lowest BCUT2D eigenvalue weighted by Crippen LogP contribution is -2.31. The Morgan fingerprint density at radius 3 is 1.72 bits per heavy atom. The largest absolute Gasteiger partial charge is 0.455 e. The third-order valence-corrected chi connectivity index (χ3v) is 10.0. The molecule has 50 heavy (non-hydrogen) atoms. The standard InChI is InChI=1S/C46H29N3O/c1-4-15-30(16-5-1)43-47-44(31-17-6-2-7-18-31)49-45(48-43)46(33-19-8-3-9-20-33)39-25-12-10-21-35(39)36-28-27-32(29-40(36)46)34-23-14-24-38-37-22-11-13-26-41(37)50-42(34)38/h1-29H. The maximum absolute atomic E-state index is 6.54. The topological polar surface area (TPSA) is 51.8 Å². The van der Waals surface area contributed by atoms with E-state index in [1.165, 1.54) is 5.56 Å². The van der Waals surface area contributed by atoms with E-state index in [0.717, 1.165) is 66.4 Å². The van der Waals surface area contributed by atoms with Crippen molar-refractivity contribution in [1.29, 1.82) is 0 Å². The Hall–Kier alpha value is -6.65. The number of nitrogens with zero attached hydrogens (tertiary/aromatic N) is 3. The SMILES string of the molecule is c1ccc(-c2nc(-c3ccccc3)nc(C3(c4ccccc4)c4ccccc4-c4ccc(-c5cccc6c5oc5ccccc56)cc43)n2)cc1. The van der Waals surface area contributed by atoms with Crippen LogP contribution >= 0.6 is 0 Å². The zero-order valence-electron chi connectivity index (χ0n) is 27.0. The van der Waals surface area contributed by atoms with Crippen LogP contribution in [0.25, 0.3) is 67.0 Å². The fraction of sp³-hybridized carbons (Fsp3) is 0.0217. The van der Waals surface area contributed by atoms with Gasteiger partial charge in [-0.15, -0.1) is 0 Å². The van der Waals surface area contributed by atoms with Crippen molar-refractivity contribution in [3.63, 3.8) is 0 Å². The minimum Gasteiger partial charge on any atom is -0.455 e. The number of rotatable bonds is 5. The minimum atomic E-state index is -0.832. The van der Waals surface area contributed by atoms with Crippen molar-refractivity contribution in [2.45, 2.75) is 5.41 Å². The highest BCUT2D eigenvalue weighted by atomic mass is 16.3. The number of aromatic nitrogens is 3. The van der Waals surface area contributed by atoms with Crippen molar-refractivity contribution in [2.24, 2.45) is 0 Å². The van der Waals surface area contributed by atoms with E-state index in [1.54, 1.807) is 0 Å². The second-order valence-electron chi connectivity index (χ2n) is 12.7. The summed E-state index contributed by atoms with van der Waals surface area (Å²) in [5.41, 5.74) is 10.6. The highest BCUT2D eigenvalue weighted by Gasteiger charge is 2.49. The van der Waals surface area contributed by atoms with Gasteiger partial charge in [0.25, 0.3) is 0 Å². The fourth-order valence-electron chi connectivity index (χ4n) is 7.77. The Labute approximate surface area is 289 Å². The average Bonchev–Trinajstić information content (AvgIpc) is 3.73. The van der Waals surface area contributed by atoms with Crippen molar-refractivity contribution in [3.8, 4) is 45.0 Å². The van der Waals surface area contributed by atoms with Crippen LogP contribution in [0.4, 0.5) is 0 Å². The van der Waals surface area contributed by atoms with Crippen molar-refractivity contribution < 1.29 is 4.42 Å². The van der Waals surface area contributed by atoms with Gasteiger partial charge in [0.1, 0.15) is 16.6 Å². The molecule has 7 aromatic carbocycles. The summed E-state index contributed by atoms with van der Waals surface area (Å²) < 4.78 is 6.54. The van der Waals surface area contributed by atoms with Gasteiger partial charge in [-0.25, -0.2) is 15.0 Å². The zero-order chi connectivity index (χ0) is 33.1. The van der Waals surface area contributed by atoms with Crippen LogP contribution in [0.3, 0.4) is 0 Å². The third-order valence-electron chi connectivity index (χ3n) is 10.0. The Morgan fingerprint density at radius 2 is 0.980 bits per heavy atom. The van der Waals surface area contributed by atoms with E-state index in [4.69, 9.17) is 19.4 Å². The van der Waals surface area contributed by atoms with Gasteiger partial charge in [0.2, 0.25) is 0 Å². The summed E-state index contributed by atoms with van der Waals surface area (Å²) in [6, 6.07) is 61.2. The van der Waals surface area contributed by atoms with Crippen molar-refractivity contribution >= 4 is 21.9 Å². The lowest BCUT2D eigenvalue weighted by atomic mass is 9.71. The Balaban J connectivity index is 1.31. The molecule has 4 heteroatoms. The molecule has 2 heterocycles. The molecule has 0 spiro atoms. The molecule has 0 radical (unpaired) electrons. The molecule has 0 bridgehead atoms. The zero-order valence-corrected chi connectivity index (χ0v) is 27.0. The molecular formula is C46H29N3O. The first-order valence-corrected chi connectivity index (χ1v) is 16.9. The first-order chi connectivity index (χ1) is 24.8. The Kier molecular flexibility index (Phi) is 6.36. The quantitative estimate of drug-likeness (QED) is 0.188. The molecule has 1 unspecified atom stereocenters. The summed E-state index contributed by atoms with van der Waals surface area (Å²) in [5, 5.41) is 2.22. The summed E-state index contributed by atoms with van der Waals surface area (Å²) in [5.74, 6) is 1.96. The highest BCUT2D eigenvalue weighted by Crippen LogP contribution is 2.56. The predicted molar refractivity (Wildman–Crippen MR) is 201 cm³/mol. The van der Waals surface area contributed by atoms with Gasteiger partial charge in [0.15, 0.2) is 17.5 Å². The number of hydrogen-bond acceptors (Lipinski definition) is 4. The van der Waals surface area contributed by atoms with Gasteiger partial charge in [-0.3, -0.25) is 0 Å².